The van der Waals surface area contributed by atoms with Crippen LogP contribution in [-0.2, 0) is 11.3 Å². The van der Waals surface area contributed by atoms with Crippen LogP contribution in [0.4, 0.5) is 5.69 Å². The van der Waals surface area contributed by atoms with Crippen LogP contribution < -0.4 is 10.5 Å². The number of aromatic nitrogens is 3. The van der Waals surface area contributed by atoms with Gasteiger partial charge in [-0.05, 0) is 12.1 Å². The highest BCUT2D eigenvalue weighted by Gasteiger charge is 2.12. The highest BCUT2D eigenvalue weighted by Crippen LogP contribution is 2.30. The van der Waals surface area contributed by atoms with Gasteiger partial charge in [0.15, 0.2) is 5.82 Å². The zero-order valence-electron chi connectivity index (χ0n) is 10.5. The molecule has 0 fully saturated rings. The summed E-state index contributed by atoms with van der Waals surface area (Å²) in [6.07, 6.45) is 1.67. The number of nitrogens with two attached hydrogens (primary N) is 1. The first-order valence-electron chi connectivity index (χ1n) is 5.57. The molecule has 0 aliphatic heterocycles. The van der Waals surface area contributed by atoms with E-state index >= 15 is 0 Å². The lowest BCUT2D eigenvalue weighted by atomic mass is 10.1. The summed E-state index contributed by atoms with van der Waals surface area (Å²) in [7, 11) is 3.27. The van der Waals surface area contributed by atoms with Gasteiger partial charge < -0.3 is 19.8 Å². The fourth-order valence-corrected chi connectivity index (χ4v) is 1.71. The number of nitrogens with zero attached hydrogens (tertiary/aromatic N) is 3. The van der Waals surface area contributed by atoms with Crippen LogP contribution >= 0.6 is 0 Å². The normalized spacial score (nSPS) is 10.6. The molecule has 0 aliphatic rings. The summed E-state index contributed by atoms with van der Waals surface area (Å²) < 4.78 is 12.3. The summed E-state index contributed by atoms with van der Waals surface area (Å²) in [5.74, 6) is 1.42. The third-order valence-electron chi connectivity index (χ3n) is 2.62. The van der Waals surface area contributed by atoms with Crippen LogP contribution in [0.1, 0.15) is 0 Å². The molecule has 2 N–H and O–H groups in total. The van der Waals surface area contributed by atoms with Crippen molar-refractivity contribution in [2.24, 2.45) is 0 Å². The molecule has 0 amide bonds. The molecular formula is C12H16N4O2. The van der Waals surface area contributed by atoms with Crippen LogP contribution in [0.15, 0.2) is 24.5 Å². The molecule has 0 unspecified atom stereocenters. The van der Waals surface area contributed by atoms with Crippen molar-refractivity contribution in [2.45, 2.75) is 6.54 Å². The van der Waals surface area contributed by atoms with Crippen LogP contribution in [0, 0.1) is 0 Å². The molecule has 1 heterocycles. The minimum atomic E-state index is 0.600. The van der Waals surface area contributed by atoms with Gasteiger partial charge in [0.1, 0.15) is 12.1 Å². The van der Waals surface area contributed by atoms with Crippen LogP contribution in [0.2, 0.25) is 0 Å². The lowest BCUT2D eigenvalue weighted by Gasteiger charge is -2.10. The van der Waals surface area contributed by atoms with E-state index < -0.39 is 0 Å². The number of rotatable bonds is 5. The molecular weight excluding hydrogens is 232 g/mol. The van der Waals surface area contributed by atoms with Crippen molar-refractivity contribution < 1.29 is 9.47 Å². The maximum absolute atomic E-state index is 5.73. The maximum atomic E-state index is 5.73. The lowest BCUT2D eigenvalue weighted by molar-refractivity contribution is 0.187. The van der Waals surface area contributed by atoms with Gasteiger partial charge in [-0.25, -0.2) is 0 Å². The Balaban J connectivity index is 2.39. The SMILES string of the molecule is COCCn1cnnc1-c1ccc(N)cc1OC. The standard InChI is InChI=1S/C12H16N4O2/c1-17-6-5-16-8-14-15-12(16)10-4-3-9(13)7-11(10)18-2/h3-4,7-8H,5-6,13H2,1-2H3. The van der Waals surface area contributed by atoms with Gasteiger partial charge in [-0.3, -0.25) is 0 Å². The second-order valence-corrected chi connectivity index (χ2v) is 3.80. The molecule has 96 valence electrons. The molecule has 1 aromatic carbocycles. The van der Waals surface area contributed by atoms with Gasteiger partial charge in [0.05, 0.1) is 19.3 Å². The van der Waals surface area contributed by atoms with Gasteiger partial charge in [-0.1, -0.05) is 0 Å². The summed E-state index contributed by atoms with van der Waals surface area (Å²) in [6, 6.07) is 5.46. The number of hydrogen-bond donors (Lipinski definition) is 1. The number of nitrogen functional groups attached to an aromatic ring is 1. The van der Waals surface area contributed by atoms with Crippen LogP contribution in [0.5, 0.6) is 5.75 Å². The summed E-state index contributed by atoms with van der Waals surface area (Å²) in [4.78, 5) is 0. The number of ether oxygens (including phenoxy) is 2. The highest BCUT2D eigenvalue weighted by atomic mass is 16.5. The zero-order chi connectivity index (χ0) is 13.0. The smallest absolute Gasteiger partial charge is 0.167 e. The molecule has 2 aromatic rings. The molecule has 6 nitrogen and oxygen atoms in total. The molecule has 0 atom stereocenters. The molecule has 1 aromatic heterocycles. The van der Waals surface area contributed by atoms with Crippen molar-refractivity contribution in [3.63, 3.8) is 0 Å². The Bertz CT molecular complexity index is 525. The van der Waals surface area contributed by atoms with Crippen LogP contribution in [0.3, 0.4) is 0 Å². The van der Waals surface area contributed by atoms with Crippen molar-refractivity contribution in [3.8, 4) is 17.1 Å². The van der Waals surface area contributed by atoms with E-state index in [-0.39, 0.29) is 0 Å². The molecule has 0 saturated heterocycles. The molecule has 0 saturated carbocycles. The van der Waals surface area contributed by atoms with Gasteiger partial charge in [0.25, 0.3) is 0 Å². The quantitative estimate of drug-likeness (QED) is 0.804. The number of benzene rings is 1. The molecule has 0 aliphatic carbocycles. The van der Waals surface area contributed by atoms with E-state index in [0.717, 1.165) is 11.4 Å². The maximum Gasteiger partial charge on any atom is 0.167 e. The lowest BCUT2D eigenvalue weighted by Crippen LogP contribution is -2.05. The van der Waals surface area contributed by atoms with Crippen molar-refractivity contribution in [1.82, 2.24) is 14.8 Å². The largest absolute Gasteiger partial charge is 0.496 e. The molecule has 6 heteroatoms. The fraction of sp³-hybridized carbons (Fsp3) is 0.333. The summed E-state index contributed by atoms with van der Waals surface area (Å²) >= 11 is 0. The Kier molecular flexibility index (Phi) is 3.78. The van der Waals surface area contributed by atoms with E-state index in [1.807, 2.05) is 16.7 Å². The Hall–Kier alpha value is -2.08. The second kappa shape index (κ2) is 5.50. The summed E-state index contributed by atoms with van der Waals surface area (Å²) in [5.41, 5.74) is 7.24. The molecule has 0 radical (unpaired) electrons. The first-order chi connectivity index (χ1) is 8.76. The van der Waals surface area contributed by atoms with Crippen molar-refractivity contribution >= 4 is 5.69 Å². The minimum Gasteiger partial charge on any atom is -0.496 e. The van der Waals surface area contributed by atoms with Gasteiger partial charge in [-0.2, -0.15) is 0 Å². The van der Waals surface area contributed by atoms with Crippen LogP contribution in [0.25, 0.3) is 11.4 Å². The fourth-order valence-electron chi connectivity index (χ4n) is 1.71. The van der Waals surface area contributed by atoms with Gasteiger partial charge in [-0.15, -0.1) is 10.2 Å². The molecule has 0 bridgehead atoms. The monoisotopic (exact) mass is 248 g/mol. The average Bonchev–Trinajstić information content (AvgIpc) is 2.84. The molecule has 18 heavy (non-hydrogen) atoms. The first kappa shape index (κ1) is 12.4. The predicted molar refractivity (Wildman–Crippen MR) is 68.3 cm³/mol. The Morgan fingerprint density at radius 2 is 2.17 bits per heavy atom. The molecule has 2 rings (SSSR count). The number of hydrogen-bond acceptors (Lipinski definition) is 5. The van der Waals surface area contributed by atoms with Crippen molar-refractivity contribution in [3.05, 3.63) is 24.5 Å². The summed E-state index contributed by atoms with van der Waals surface area (Å²) in [6.45, 7) is 1.29. The van der Waals surface area contributed by atoms with E-state index in [1.54, 1.807) is 26.6 Å². The van der Waals surface area contributed by atoms with E-state index in [1.165, 1.54) is 0 Å². The third-order valence-corrected chi connectivity index (χ3v) is 2.62. The Morgan fingerprint density at radius 3 is 2.89 bits per heavy atom. The van der Waals surface area contributed by atoms with Gasteiger partial charge >= 0.3 is 0 Å². The van der Waals surface area contributed by atoms with Gasteiger partial charge in [0.2, 0.25) is 0 Å². The van der Waals surface area contributed by atoms with Crippen LogP contribution in [-0.4, -0.2) is 35.6 Å². The van der Waals surface area contributed by atoms with E-state index in [0.29, 0.717) is 24.6 Å². The van der Waals surface area contributed by atoms with E-state index in [4.69, 9.17) is 15.2 Å². The first-order valence-corrected chi connectivity index (χ1v) is 5.57. The number of anilines is 1. The summed E-state index contributed by atoms with van der Waals surface area (Å²) in [5, 5.41) is 8.03. The highest BCUT2D eigenvalue weighted by molar-refractivity contribution is 5.68. The second-order valence-electron chi connectivity index (χ2n) is 3.80. The average molecular weight is 248 g/mol. The van der Waals surface area contributed by atoms with Crippen molar-refractivity contribution in [1.29, 1.82) is 0 Å². The van der Waals surface area contributed by atoms with E-state index in [9.17, 15) is 0 Å². The Morgan fingerprint density at radius 1 is 1.33 bits per heavy atom. The number of methoxy groups -OCH3 is 2. The van der Waals surface area contributed by atoms with Gasteiger partial charge in [0, 0.05) is 25.4 Å². The van der Waals surface area contributed by atoms with E-state index in [2.05, 4.69) is 10.2 Å². The third kappa shape index (κ3) is 2.43. The zero-order valence-corrected chi connectivity index (χ0v) is 10.5. The predicted octanol–water partition coefficient (Wildman–Crippen LogP) is 1.18. The Labute approximate surface area is 105 Å². The topological polar surface area (TPSA) is 75.2 Å². The minimum absolute atomic E-state index is 0.600. The van der Waals surface area contributed by atoms with Crippen molar-refractivity contribution in [2.75, 3.05) is 26.6 Å². The molecule has 0 spiro atoms.